The molecule has 0 bridgehead atoms. The molecular formula is C5H8O4. The van der Waals surface area contributed by atoms with Gasteiger partial charge in [-0.2, -0.15) is 0 Å². The predicted octanol–water partition coefficient (Wildman–Crippen LogP) is -1.61. The van der Waals surface area contributed by atoms with E-state index in [1.807, 2.05) is 0 Å². The Morgan fingerprint density at radius 3 is 2.22 bits per heavy atom. The van der Waals surface area contributed by atoms with Gasteiger partial charge in [-0.3, -0.25) is 4.79 Å². The van der Waals surface area contributed by atoms with Crippen LogP contribution in [0.25, 0.3) is 0 Å². The van der Waals surface area contributed by atoms with E-state index in [4.69, 9.17) is 15.3 Å². The molecule has 0 saturated heterocycles. The molecule has 1 aliphatic rings. The van der Waals surface area contributed by atoms with Gasteiger partial charge in [0.1, 0.15) is 11.9 Å². The van der Waals surface area contributed by atoms with E-state index in [9.17, 15) is 4.79 Å². The summed E-state index contributed by atoms with van der Waals surface area (Å²) in [4.78, 5) is 10.4. The third-order valence-corrected chi connectivity index (χ3v) is 1.41. The van der Waals surface area contributed by atoms with Crippen molar-refractivity contribution in [1.29, 1.82) is 0 Å². The van der Waals surface area contributed by atoms with E-state index < -0.39 is 11.9 Å². The van der Waals surface area contributed by atoms with Crippen LogP contribution in [0.1, 0.15) is 12.8 Å². The number of aliphatic hydroxyl groups excluding tert-OH is 1. The molecule has 0 aromatic heterocycles. The first-order valence-corrected chi connectivity index (χ1v) is 2.67. The molecule has 0 spiro atoms. The lowest BCUT2D eigenvalue weighted by molar-refractivity contribution is -0.207. The summed E-state index contributed by atoms with van der Waals surface area (Å²) in [5, 5.41) is 26.1. The average Bonchev–Trinajstić information content (AvgIpc) is 1.79. The number of hydrogen-bond donors (Lipinski definition) is 3. The van der Waals surface area contributed by atoms with Crippen molar-refractivity contribution in [2.75, 3.05) is 0 Å². The summed E-state index contributed by atoms with van der Waals surface area (Å²) in [6, 6.07) is 0. The van der Waals surface area contributed by atoms with Gasteiger partial charge in [0, 0.05) is 6.42 Å². The molecule has 1 rings (SSSR count). The van der Waals surface area contributed by atoms with Crippen molar-refractivity contribution in [3.63, 3.8) is 0 Å². The maximum Gasteiger partial charge on any atom is 0.196 e. The van der Waals surface area contributed by atoms with Crippen molar-refractivity contribution >= 4 is 5.78 Å². The summed E-state index contributed by atoms with van der Waals surface area (Å²) >= 11 is 0. The number of carbonyl (C=O) groups excluding carboxylic acids is 1. The standard InChI is InChI=1S/C5H8O4/c6-3-1-4(7)5(8,9)2-3/h4,7-9H,1-2H2. The van der Waals surface area contributed by atoms with Gasteiger partial charge in [-0.25, -0.2) is 0 Å². The molecule has 4 heteroatoms. The third kappa shape index (κ3) is 1.10. The van der Waals surface area contributed by atoms with Gasteiger partial charge in [0.15, 0.2) is 5.79 Å². The van der Waals surface area contributed by atoms with Crippen LogP contribution in [0.2, 0.25) is 0 Å². The van der Waals surface area contributed by atoms with Crippen LogP contribution in [0, 0.1) is 0 Å². The summed E-state index contributed by atoms with van der Waals surface area (Å²) in [5.41, 5.74) is 0. The van der Waals surface area contributed by atoms with Crippen LogP contribution < -0.4 is 0 Å². The first-order chi connectivity index (χ1) is 4.02. The Morgan fingerprint density at radius 2 is 2.11 bits per heavy atom. The molecule has 1 saturated carbocycles. The quantitative estimate of drug-likeness (QED) is 0.346. The van der Waals surface area contributed by atoms with Gasteiger partial charge in [-0.05, 0) is 0 Å². The summed E-state index contributed by atoms with van der Waals surface area (Å²) in [5.74, 6) is -2.48. The van der Waals surface area contributed by atoms with Crippen molar-refractivity contribution in [2.45, 2.75) is 24.7 Å². The smallest absolute Gasteiger partial charge is 0.196 e. The maximum atomic E-state index is 10.4. The zero-order chi connectivity index (χ0) is 7.07. The van der Waals surface area contributed by atoms with Crippen molar-refractivity contribution in [3.05, 3.63) is 0 Å². The fourth-order valence-corrected chi connectivity index (χ4v) is 0.859. The molecule has 9 heavy (non-hydrogen) atoms. The Kier molecular flexibility index (Phi) is 1.31. The van der Waals surface area contributed by atoms with Gasteiger partial charge >= 0.3 is 0 Å². The van der Waals surface area contributed by atoms with E-state index in [1.165, 1.54) is 0 Å². The molecule has 4 nitrogen and oxygen atoms in total. The van der Waals surface area contributed by atoms with Gasteiger partial charge in [0.2, 0.25) is 0 Å². The fraction of sp³-hybridized carbons (Fsp3) is 0.800. The van der Waals surface area contributed by atoms with Gasteiger partial charge in [0.25, 0.3) is 0 Å². The highest BCUT2D eigenvalue weighted by atomic mass is 16.5. The van der Waals surface area contributed by atoms with E-state index in [2.05, 4.69) is 0 Å². The lowest BCUT2D eigenvalue weighted by atomic mass is 10.2. The molecule has 3 N–H and O–H groups in total. The summed E-state index contributed by atoms with van der Waals surface area (Å²) < 4.78 is 0. The van der Waals surface area contributed by atoms with E-state index in [0.717, 1.165) is 0 Å². The molecule has 52 valence electrons. The first kappa shape index (κ1) is 6.67. The minimum Gasteiger partial charge on any atom is -0.387 e. The predicted molar refractivity (Wildman–Crippen MR) is 27.4 cm³/mol. The second-order valence-electron chi connectivity index (χ2n) is 2.31. The van der Waals surface area contributed by atoms with Crippen molar-refractivity contribution < 1.29 is 20.1 Å². The van der Waals surface area contributed by atoms with Crippen LogP contribution in [0.3, 0.4) is 0 Å². The molecule has 0 radical (unpaired) electrons. The minimum atomic E-state index is -2.17. The molecule has 0 aliphatic heterocycles. The van der Waals surface area contributed by atoms with Crippen molar-refractivity contribution in [3.8, 4) is 0 Å². The largest absolute Gasteiger partial charge is 0.387 e. The lowest BCUT2D eigenvalue weighted by Gasteiger charge is -2.16. The number of ketones is 1. The van der Waals surface area contributed by atoms with Gasteiger partial charge in [-0.1, -0.05) is 0 Å². The number of Topliss-reactive ketones (excluding diaryl/α,β-unsaturated/α-hetero) is 1. The SMILES string of the molecule is O=C1CC(O)C(O)(O)C1. The molecule has 1 fully saturated rings. The number of carbonyl (C=O) groups is 1. The van der Waals surface area contributed by atoms with Crippen LogP contribution in [-0.4, -0.2) is 33.0 Å². The van der Waals surface area contributed by atoms with Crippen LogP contribution in [0.5, 0.6) is 0 Å². The molecular weight excluding hydrogens is 124 g/mol. The molecule has 0 heterocycles. The minimum absolute atomic E-state index is 0.146. The van der Waals surface area contributed by atoms with Crippen LogP contribution in [0.15, 0.2) is 0 Å². The Morgan fingerprint density at radius 1 is 1.56 bits per heavy atom. The molecule has 1 aliphatic carbocycles. The Labute approximate surface area is 51.7 Å². The zero-order valence-electron chi connectivity index (χ0n) is 4.74. The summed E-state index contributed by atoms with van der Waals surface area (Å²) in [6.45, 7) is 0. The highest BCUT2D eigenvalue weighted by molar-refractivity contribution is 5.82. The monoisotopic (exact) mass is 132 g/mol. The number of rotatable bonds is 0. The maximum absolute atomic E-state index is 10.4. The summed E-state index contributed by atoms with van der Waals surface area (Å²) in [7, 11) is 0. The Balaban J connectivity index is 2.69. The average molecular weight is 132 g/mol. The lowest BCUT2D eigenvalue weighted by Crippen LogP contribution is -2.36. The Hall–Kier alpha value is -0.450. The third-order valence-electron chi connectivity index (χ3n) is 1.41. The van der Waals surface area contributed by atoms with Gasteiger partial charge in [0.05, 0.1) is 6.42 Å². The van der Waals surface area contributed by atoms with Crippen LogP contribution >= 0.6 is 0 Å². The topological polar surface area (TPSA) is 77.8 Å². The second-order valence-corrected chi connectivity index (χ2v) is 2.31. The van der Waals surface area contributed by atoms with E-state index >= 15 is 0 Å². The Bertz CT molecular complexity index is 140. The van der Waals surface area contributed by atoms with Crippen molar-refractivity contribution in [1.82, 2.24) is 0 Å². The summed E-state index contributed by atoms with van der Waals surface area (Å²) in [6.07, 6.45) is -1.80. The molecule has 0 amide bonds. The first-order valence-electron chi connectivity index (χ1n) is 2.67. The molecule has 0 aromatic rings. The number of aliphatic hydroxyl groups is 3. The van der Waals surface area contributed by atoms with E-state index in [-0.39, 0.29) is 18.6 Å². The highest BCUT2D eigenvalue weighted by Crippen LogP contribution is 2.23. The van der Waals surface area contributed by atoms with Crippen LogP contribution in [0.4, 0.5) is 0 Å². The highest BCUT2D eigenvalue weighted by Gasteiger charge is 2.42. The van der Waals surface area contributed by atoms with E-state index in [1.54, 1.807) is 0 Å². The fourth-order valence-electron chi connectivity index (χ4n) is 0.859. The molecule has 0 aromatic carbocycles. The van der Waals surface area contributed by atoms with Gasteiger partial charge in [-0.15, -0.1) is 0 Å². The number of hydrogen-bond acceptors (Lipinski definition) is 4. The normalized spacial score (nSPS) is 33.2. The molecule has 1 atom stereocenters. The molecule has 1 unspecified atom stereocenters. The van der Waals surface area contributed by atoms with E-state index in [0.29, 0.717) is 0 Å². The van der Waals surface area contributed by atoms with Crippen LogP contribution in [-0.2, 0) is 4.79 Å². The zero-order valence-corrected chi connectivity index (χ0v) is 4.74. The van der Waals surface area contributed by atoms with Gasteiger partial charge < -0.3 is 15.3 Å². The van der Waals surface area contributed by atoms with Crippen molar-refractivity contribution in [2.24, 2.45) is 0 Å². The second kappa shape index (κ2) is 1.76.